The van der Waals surface area contributed by atoms with Gasteiger partial charge in [-0.05, 0) is 51.1 Å². The third-order valence-electron chi connectivity index (χ3n) is 4.56. The Balaban J connectivity index is 1.73. The number of hydrogen-bond donors (Lipinski definition) is 0. The van der Waals surface area contributed by atoms with Crippen LogP contribution >= 0.6 is 11.3 Å². The normalized spacial score (nSPS) is 12.4. The monoisotopic (exact) mass is 476 g/mol. The quantitative estimate of drug-likeness (QED) is 0.407. The number of pyridine rings is 1. The molecule has 0 bridgehead atoms. The van der Waals surface area contributed by atoms with E-state index in [2.05, 4.69) is 15.1 Å². The van der Waals surface area contributed by atoms with Crippen molar-refractivity contribution >= 4 is 38.4 Å². The molecule has 33 heavy (non-hydrogen) atoms. The van der Waals surface area contributed by atoms with Crippen molar-refractivity contribution in [3.8, 4) is 0 Å². The molecule has 0 amide bonds. The minimum Gasteiger partial charge on any atom is -0.460 e. The molecule has 0 aliphatic carbocycles. The topological polar surface area (TPSA) is 87.0 Å². The van der Waals surface area contributed by atoms with Crippen molar-refractivity contribution in [3.05, 3.63) is 63.1 Å². The van der Waals surface area contributed by atoms with Crippen molar-refractivity contribution in [2.24, 2.45) is 0 Å². The summed E-state index contributed by atoms with van der Waals surface area (Å²) in [6.45, 7) is 5.17. The predicted octanol–water partition coefficient (Wildman–Crippen LogP) is 4.35. The summed E-state index contributed by atoms with van der Waals surface area (Å²) in [6, 6.07) is 6.50. The fourth-order valence-electron chi connectivity index (χ4n) is 3.27. The molecule has 4 rings (SSSR count). The number of carbonyl (C=O) groups excluding carboxylic acids is 1. The molecule has 3 heterocycles. The van der Waals surface area contributed by atoms with E-state index in [4.69, 9.17) is 4.74 Å². The second kappa shape index (κ2) is 8.22. The summed E-state index contributed by atoms with van der Waals surface area (Å²) in [5, 5.41) is 5.00. The fourth-order valence-corrected chi connectivity index (χ4v) is 4.20. The van der Waals surface area contributed by atoms with Crippen LogP contribution in [0.15, 0.2) is 41.3 Å². The van der Waals surface area contributed by atoms with E-state index in [1.165, 1.54) is 23.6 Å². The van der Waals surface area contributed by atoms with Gasteiger partial charge in [0.05, 0.1) is 45.3 Å². The highest BCUT2D eigenvalue weighted by Crippen LogP contribution is 2.33. The van der Waals surface area contributed by atoms with Crippen molar-refractivity contribution in [3.63, 3.8) is 0 Å². The number of benzene rings is 1. The summed E-state index contributed by atoms with van der Waals surface area (Å²) in [4.78, 5) is 33.8. The molecule has 0 saturated heterocycles. The lowest BCUT2D eigenvalue weighted by Crippen LogP contribution is -2.28. The molecule has 172 valence electrons. The molecule has 0 aliphatic rings. The molecule has 1 aromatic carbocycles. The van der Waals surface area contributed by atoms with E-state index in [9.17, 15) is 22.8 Å². The summed E-state index contributed by atoms with van der Waals surface area (Å²) >= 11 is 1.17. The van der Waals surface area contributed by atoms with E-state index in [0.29, 0.717) is 15.2 Å². The van der Waals surface area contributed by atoms with Crippen LogP contribution < -0.4 is 5.56 Å². The molecule has 4 aromatic rings. The second-order valence-electron chi connectivity index (χ2n) is 8.36. The van der Waals surface area contributed by atoms with Crippen molar-refractivity contribution in [1.82, 2.24) is 19.7 Å². The zero-order chi connectivity index (χ0) is 24.0. The van der Waals surface area contributed by atoms with Crippen LogP contribution in [0.25, 0.3) is 21.1 Å². The molecular weight excluding hydrogens is 457 g/mol. The van der Waals surface area contributed by atoms with Crippen LogP contribution in [-0.4, -0.2) is 31.3 Å². The van der Waals surface area contributed by atoms with Gasteiger partial charge in [-0.25, -0.2) is 9.67 Å². The van der Waals surface area contributed by atoms with Gasteiger partial charge in [0, 0.05) is 6.20 Å². The van der Waals surface area contributed by atoms with Crippen LogP contribution in [0.5, 0.6) is 0 Å². The van der Waals surface area contributed by atoms with Gasteiger partial charge in [-0.1, -0.05) is 0 Å². The molecule has 3 aromatic heterocycles. The number of fused-ring (bicyclic) bond motifs is 2. The van der Waals surface area contributed by atoms with E-state index in [-0.39, 0.29) is 29.6 Å². The van der Waals surface area contributed by atoms with Crippen LogP contribution in [0, 0.1) is 0 Å². The Morgan fingerprint density at radius 1 is 1.18 bits per heavy atom. The van der Waals surface area contributed by atoms with E-state index in [0.717, 1.165) is 16.8 Å². The zero-order valence-corrected chi connectivity index (χ0v) is 18.8. The van der Waals surface area contributed by atoms with Crippen molar-refractivity contribution in [2.45, 2.75) is 45.5 Å². The maximum Gasteiger partial charge on any atom is 0.416 e. The molecule has 0 unspecified atom stereocenters. The lowest BCUT2D eigenvalue weighted by atomic mass is 10.1. The number of carbonyl (C=O) groups is 1. The van der Waals surface area contributed by atoms with Gasteiger partial charge in [-0.15, -0.1) is 11.3 Å². The minimum atomic E-state index is -4.47. The Hall–Kier alpha value is -3.34. The Labute approximate surface area is 189 Å². The highest BCUT2D eigenvalue weighted by molar-refractivity contribution is 7.18. The van der Waals surface area contributed by atoms with Crippen LogP contribution in [-0.2, 0) is 28.7 Å². The molecule has 0 aliphatic heterocycles. The Morgan fingerprint density at radius 3 is 2.64 bits per heavy atom. The Kier molecular flexibility index (Phi) is 5.69. The Bertz CT molecular complexity index is 1420. The van der Waals surface area contributed by atoms with Gasteiger partial charge < -0.3 is 4.74 Å². The third kappa shape index (κ3) is 5.03. The molecule has 0 radical (unpaired) electrons. The first-order valence-corrected chi connectivity index (χ1v) is 10.8. The molecule has 0 saturated carbocycles. The van der Waals surface area contributed by atoms with Gasteiger partial charge in [0.2, 0.25) is 0 Å². The van der Waals surface area contributed by atoms with Crippen LogP contribution in [0.4, 0.5) is 13.2 Å². The van der Waals surface area contributed by atoms with Crippen LogP contribution in [0.1, 0.15) is 37.0 Å². The fraction of sp³-hybridized carbons (Fsp3) is 0.318. The third-order valence-corrected chi connectivity index (χ3v) is 5.58. The number of aromatic nitrogens is 4. The highest BCUT2D eigenvalue weighted by atomic mass is 32.1. The molecule has 11 heteroatoms. The van der Waals surface area contributed by atoms with Gasteiger partial charge in [0.15, 0.2) is 0 Å². The van der Waals surface area contributed by atoms with Gasteiger partial charge in [0.25, 0.3) is 5.56 Å². The second-order valence-corrected chi connectivity index (χ2v) is 9.48. The van der Waals surface area contributed by atoms with Gasteiger partial charge in [-0.3, -0.25) is 14.6 Å². The molecule has 0 N–H and O–H groups in total. The molecule has 0 atom stereocenters. The lowest BCUT2D eigenvalue weighted by Gasteiger charge is -2.19. The number of rotatable bonds is 4. The van der Waals surface area contributed by atoms with Gasteiger partial charge in [0.1, 0.15) is 10.6 Å². The molecule has 7 nitrogen and oxygen atoms in total. The minimum absolute atomic E-state index is 0.0638. The highest BCUT2D eigenvalue weighted by Gasteiger charge is 2.31. The van der Waals surface area contributed by atoms with Crippen molar-refractivity contribution < 1.29 is 22.7 Å². The van der Waals surface area contributed by atoms with Crippen molar-refractivity contribution in [1.29, 1.82) is 0 Å². The number of nitrogens with zero attached hydrogens (tertiary/aromatic N) is 4. The molecule has 0 fully saturated rings. The maximum atomic E-state index is 13.0. The number of thiazole rings is 1. The first-order valence-electron chi connectivity index (χ1n) is 9.94. The number of halogens is 3. The largest absolute Gasteiger partial charge is 0.460 e. The summed E-state index contributed by atoms with van der Waals surface area (Å²) in [5.41, 5.74) is -1.18. The number of esters is 1. The number of alkyl halides is 3. The first kappa shape index (κ1) is 22.8. The summed E-state index contributed by atoms with van der Waals surface area (Å²) in [6.07, 6.45) is -3.17. The van der Waals surface area contributed by atoms with Crippen molar-refractivity contribution in [2.75, 3.05) is 0 Å². The molecular formula is C22H19F3N4O3S. The predicted molar refractivity (Wildman–Crippen MR) is 117 cm³/mol. The van der Waals surface area contributed by atoms with Gasteiger partial charge >= 0.3 is 12.1 Å². The van der Waals surface area contributed by atoms with E-state index in [1.807, 2.05) is 0 Å². The van der Waals surface area contributed by atoms with E-state index < -0.39 is 28.9 Å². The summed E-state index contributed by atoms with van der Waals surface area (Å²) in [5.74, 6) is -0.521. The Morgan fingerprint density at radius 2 is 1.94 bits per heavy atom. The SMILES string of the molecule is CC(C)(C)OC(=O)Cc1nn(Cc2nc3cc(C(F)(F)F)ccc3s2)c(=O)c2cccnc12. The number of hydrogen-bond acceptors (Lipinski definition) is 7. The van der Waals surface area contributed by atoms with E-state index >= 15 is 0 Å². The average molecular weight is 476 g/mol. The zero-order valence-electron chi connectivity index (χ0n) is 17.9. The first-order chi connectivity index (χ1) is 15.4. The summed E-state index contributed by atoms with van der Waals surface area (Å²) < 4.78 is 46.1. The van der Waals surface area contributed by atoms with Crippen LogP contribution in [0.3, 0.4) is 0 Å². The van der Waals surface area contributed by atoms with Gasteiger partial charge in [-0.2, -0.15) is 18.3 Å². The standard InChI is InChI=1S/C22H19F3N4O3S/c1-21(2,3)32-18(30)10-15-19-13(5-4-8-26-19)20(31)29(28-15)11-17-27-14-9-12(22(23,24)25)6-7-16(14)33-17/h4-9H,10-11H2,1-3H3. The maximum absolute atomic E-state index is 13.0. The lowest BCUT2D eigenvalue weighted by molar-refractivity contribution is -0.154. The average Bonchev–Trinajstić information content (AvgIpc) is 3.11. The summed E-state index contributed by atoms with van der Waals surface area (Å²) in [7, 11) is 0. The van der Waals surface area contributed by atoms with Crippen LogP contribution in [0.2, 0.25) is 0 Å². The number of ether oxygens (including phenoxy) is 1. The smallest absolute Gasteiger partial charge is 0.416 e. The van der Waals surface area contributed by atoms with E-state index in [1.54, 1.807) is 32.9 Å². The molecule has 0 spiro atoms.